The molecule has 2 N–H and O–H groups in total. The van der Waals surface area contributed by atoms with Crippen LogP contribution in [0.3, 0.4) is 0 Å². The zero-order valence-electron chi connectivity index (χ0n) is 7.78. The number of anilines is 1. The minimum atomic E-state index is 0.215. The molecule has 4 heteroatoms. The summed E-state index contributed by atoms with van der Waals surface area (Å²) in [5, 5.41) is 0. The number of nitrogens with zero attached hydrogens (tertiary/aromatic N) is 1. The topological polar surface area (TPSA) is 65.2 Å². The molecule has 0 fully saturated rings. The van der Waals surface area contributed by atoms with Crippen LogP contribution in [0.25, 0.3) is 0 Å². The first-order chi connectivity index (χ1) is 6.77. The van der Waals surface area contributed by atoms with E-state index < -0.39 is 0 Å². The molecule has 4 nitrogen and oxygen atoms in total. The van der Waals surface area contributed by atoms with E-state index in [9.17, 15) is 4.79 Å². The molecule has 1 rings (SSSR count). The Balaban J connectivity index is 2.91. The summed E-state index contributed by atoms with van der Waals surface area (Å²) in [7, 11) is 1.51. The molecule has 0 saturated carbocycles. The van der Waals surface area contributed by atoms with Gasteiger partial charge >= 0.3 is 0 Å². The van der Waals surface area contributed by atoms with Crippen molar-refractivity contribution >= 4 is 12.1 Å². The van der Waals surface area contributed by atoms with Gasteiger partial charge in [0, 0.05) is 17.8 Å². The Morgan fingerprint density at radius 1 is 1.71 bits per heavy atom. The lowest BCUT2D eigenvalue weighted by molar-refractivity contribution is -0.107. The van der Waals surface area contributed by atoms with E-state index in [1.807, 2.05) is 0 Å². The molecular formula is C10H10N2O2. The van der Waals surface area contributed by atoms with Gasteiger partial charge < -0.3 is 15.3 Å². The Labute approximate surface area is 82.1 Å². The molecule has 0 aromatic carbocycles. The molecule has 0 aliphatic rings. The average molecular weight is 190 g/mol. The first-order valence-corrected chi connectivity index (χ1v) is 4.00. The van der Waals surface area contributed by atoms with Gasteiger partial charge in [-0.15, -0.1) is 0 Å². The first kappa shape index (κ1) is 10.1. The lowest BCUT2D eigenvalue weighted by Gasteiger charge is -2.02. The second kappa shape index (κ2) is 4.87. The summed E-state index contributed by atoms with van der Waals surface area (Å²) in [6.45, 7) is 0. The van der Waals surface area contributed by atoms with Crippen LogP contribution in [0.5, 0.6) is 5.75 Å². The number of aldehydes is 1. The number of aromatic nitrogens is 1. The fraction of sp³-hybridized carbons (Fsp3) is 0.200. The zero-order valence-corrected chi connectivity index (χ0v) is 7.78. The molecule has 0 unspecified atom stereocenters. The van der Waals surface area contributed by atoms with Gasteiger partial charge in [-0.25, -0.2) is 4.98 Å². The SMILES string of the molecule is COc1cc(C#CCC=O)cnc1N. The van der Waals surface area contributed by atoms with Crippen LogP contribution in [0.15, 0.2) is 12.3 Å². The van der Waals surface area contributed by atoms with E-state index >= 15 is 0 Å². The van der Waals surface area contributed by atoms with Crippen molar-refractivity contribution in [3.8, 4) is 17.6 Å². The number of nitrogen functional groups attached to an aromatic ring is 1. The Morgan fingerprint density at radius 2 is 2.50 bits per heavy atom. The minimum absolute atomic E-state index is 0.215. The van der Waals surface area contributed by atoms with Gasteiger partial charge in [-0.3, -0.25) is 0 Å². The largest absolute Gasteiger partial charge is 0.493 e. The van der Waals surface area contributed by atoms with Crippen LogP contribution in [-0.2, 0) is 4.79 Å². The maximum atomic E-state index is 10.0. The number of pyridine rings is 1. The van der Waals surface area contributed by atoms with Crippen LogP contribution in [0.4, 0.5) is 5.82 Å². The molecule has 0 spiro atoms. The average Bonchev–Trinajstić information content (AvgIpc) is 2.21. The van der Waals surface area contributed by atoms with Crippen molar-refractivity contribution < 1.29 is 9.53 Å². The lowest BCUT2D eigenvalue weighted by atomic mass is 10.2. The second-order valence-electron chi connectivity index (χ2n) is 2.48. The minimum Gasteiger partial charge on any atom is -0.493 e. The van der Waals surface area contributed by atoms with Crippen molar-refractivity contribution in [3.63, 3.8) is 0 Å². The maximum Gasteiger partial charge on any atom is 0.166 e. The number of ether oxygens (including phenoxy) is 1. The highest BCUT2D eigenvalue weighted by atomic mass is 16.5. The summed E-state index contributed by atoms with van der Waals surface area (Å²) in [5.74, 6) is 6.25. The first-order valence-electron chi connectivity index (χ1n) is 4.00. The van der Waals surface area contributed by atoms with Gasteiger partial charge in [0.15, 0.2) is 11.6 Å². The third-order valence-corrected chi connectivity index (χ3v) is 1.52. The molecular weight excluding hydrogens is 180 g/mol. The summed E-state index contributed by atoms with van der Waals surface area (Å²) < 4.78 is 4.97. The third-order valence-electron chi connectivity index (χ3n) is 1.52. The fourth-order valence-electron chi connectivity index (χ4n) is 0.882. The molecule has 0 saturated heterocycles. The molecule has 72 valence electrons. The summed E-state index contributed by atoms with van der Waals surface area (Å²) >= 11 is 0. The molecule has 0 radical (unpaired) electrons. The van der Waals surface area contributed by atoms with Crippen molar-refractivity contribution in [2.75, 3.05) is 12.8 Å². The van der Waals surface area contributed by atoms with E-state index in [4.69, 9.17) is 10.5 Å². The normalized spacial score (nSPS) is 8.64. The molecule has 1 aromatic rings. The van der Waals surface area contributed by atoms with Crippen molar-refractivity contribution in [2.45, 2.75) is 6.42 Å². The van der Waals surface area contributed by atoms with E-state index in [1.165, 1.54) is 13.3 Å². The molecule has 0 bridgehead atoms. The standard InChI is InChI=1S/C10H10N2O2/c1-14-9-6-8(4-2-3-5-13)7-12-10(9)11/h5-7H,3H2,1H3,(H2,11,12). The van der Waals surface area contributed by atoms with Crippen LogP contribution >= 0.6 is 0 Å². The molecule has 0 amide bonds. The molecule has 1 heterocycles. The van der Waals surface area contributed by atoms with Crippen LogP contribution in [0.1, 0.15) is 12.0 Å². The van der Waals surface area contributed by atoms with Crippen LogP contribution in [-0.4, -0.2) is 18.4 Å². The van der Waals surface area contributed by atoms with E-state index in [0.29, 0.717) is 17.1 Å². The number of hydrogen-bond acceptors (Lipinski definition) is 4. The number of nitrogens with two attached hydrogens (primary N) is 1. The highest BCUT2D eigenvalue weighted by Crippen LogP contribution is 2.18. The summed E-state index contributed by atoms with van der Waals surface area (Å²) in [6, 6.07) is 1.68. The summed E-state index contributed by atoms with van der Waals surface area (Å²) in [6.07, 6.45) is 2.50. The Kier molecular flexibility index (Phi) is 3.50. The maximum absolute atomic E-state index is 10.0. The van der Waals surface area contributed by atoms with Crippen molar-refractivity contribution in [3.05, 3.63) is 17.8 Å². The van der Waals surface area contributed by atoms with Crippen LogP contribution in [0.2, 0.25) is 0 Å². The van der Waals surface area contributed by atoms with Crippen molar-refractivity contribution in [1.29, 1.82) is 0 Å². The zero-order chi connectivity index (χ0) is 10.4. The van der Waals surface area contributed by atoms with E-state index in [1.54, 1.807) is 6.07 Å². The Bertz CT molecular complexity index is 391. The monoisotopic (exact) mass is 190 g/mol. The number of hydrogen-bond donors (Lipinski definition) is 1. The lowest BCUT2D eigenvalue weighted by Crippen LogP contribution is -1.95. The van der Waals surface area contributed by atoms with Crippen LogP contribution in [0, 0.1) is 11.8 Å². The van der Waals surface area contributed by atoms with Gasteiger partial charge in [0.2, 0.25) is 0 Å². The molecule has 14 heavy (non-hydrogen) atoms. The molecule has 0 atom stereocenters. The molecule has 0 aliphatic heterocycles. The van der Waals surface area contributed by atoms with E-state index in [-0.39, 0.29) is 6.42 Å². The smallest absolute Gasteiger partial charge is 0.166 e. The van der Waals surface area contributed by atoms with E-state index in [2.05, 4.69) is 16.8 Å². The number of methoxy groups -OCH3 is 1. The van der Waals surface area contributed by atoms with Gasteiger partial charge in [0.05, 0.1) is 13.5 Å². The predicted molar refractivity (Wildman–Crippen MR) is 52.8 cm³/mol. The third kappa shape index (κ3) is 2.49. The van der Waals surface area contributed by atoms with E-state index in [0.717, 1.165) is 6.29 Å². The second-order valence-corrected chi connectivity index (χ2v) is 2.48. The van der Waals surface area contributed by atoms with Gasteiger partial charge in [-0.1, -0.05) is 11.8 Å². The van der Waals surface area contributed by atoms with Gasteiger partial charge in [-0.05, 0) is 0 Å². The Morgan fingerprint density at radius 3 is 3.14 bits per heavy atom. The van der Waals surface area contributed by atoms with Gasteiger partial charge in [0.1, 0.15) is 6.29 Å². The van der Waals surface area contributed by atoms with Gasteiger partial charge in [-0.2, -0.15) is 0 Å². The molecule has 0 aliphatic carbocycles. The summed E-state index contributed by atoms with van der Waals surface area (Å²) in [4.78, 5) is 13.9. The van der Waals surface area contributed by atoms with Gasteiger partial charge in [0.25, 0.3) is 0 Å². The number of rotatable bonds is 2. The quantitative estimate of drug-likeness (QED) is 0.548. The van der Waals surface area contributed by atoms with Crippen LogP contribution < -0.4 is 10.5 Å². The fourth-order valence-corrected chi connectivity index (χ4v) is 0.882. The highest BCUT2D eigenvalue weighted by Gasteiger charge is 1.99. The van der Waals surface area contributed by atoms with Crippen molar-refractivity contribution in [2.24, 2.45) is 0 Å². The number of carbonyl (C=O) groups excluding carboxylic acids is 1. The summed E-state index contributed by atoms with van der Waals surface area (Å²) in [5.41, 5.74) is 6.19. The molecule has 1 aromatic heterocycles. The van der Waals surface area contributed by atoms with Crippen molar-refractivity contribution in [1.82, 2.24) is 4.98 Å². The highest BCUT2D eigenvalue weighted by molar-refractivity contribution is 5.56. The Hall–Kier alpha value is -2.02. The predicted octanol–water partition coefficient (Wildman–Crippen LogP) is 0.613. The number of carbonyl (C=O) groups is 1.